The SMILES string of the molecule is NC1=C(C(=O)NCc2ccccc2)C(c2cccc([N+](=O)[O-])c2)c2c(ccc3ccccc23)O1. The van der Waals surface area contributed by atoms with Crippen LogP contribution in [-0.2, 0) is 11.3 Å². The first-order valence-corrected chi connectivity index (χ1v) is 10.8. The van der Waals surface area contributed by atoms with Gasteiger partial charge < -0.3 is 15.8 Å². The van der Waals surface area contributed by atoms with Gasteiger partial charge in [-0.3, -0.25) is 14.9 Å². The minimum Gasteiger partial charge on any atom is -0.441 e. The van der Waals surface area contributed by atoms with E-state index in [-0.39, 0.29) is 17.1 Å². The summed E-state index contributed by atoms with van der Waals surface area (Å²) >= 11 is 0. The molecule has 0 aromatic heterocycles. The summed E-state index contributed by atoms with van der Waals surface area (Å²) in [6.07, 6.45) is 0. The van der Waals surface area contributed by atoms with E-state index in [1.54, 1.807) is 12.1 Å². The van der Waals surface area contributed by atoms with Crippen molar-refractivity contribution in [3.63, 3.8) is 0 Å². The Bertz CT molecular complexity index is 1450. The molecule has 1 aliphatic heterocycles. The van der Waals surface area contributed by atoms with Crippen LogP contribution in [0.1, 0.15) is 22.6 Å². The van der Waals surface area contributed by atoms with Gasteiger partial charge in [0.2, 0.25) is 5.88 Å². The molecule has 1 heterocycles. The van der Waals surface area contributed by atoms with Crippen molar-refractivity contribution in [2.24, 2.45) is 5.73 Å². The average molecular weight is 451 g/mol. The molecule has 168 valence electrons. The van der Waals surface area contributed by atoms with Crippen LogP contribution in [0, 0.1) is 10.1 Å². The summed E-state index contributed by atoms with van der Waals surface area (Å²) in [4.78, 5) is 24.5. The zero-order chi connectivity index (χ0) is 23.7. The van der Waals surface area contributed by atoms with Gasteiger partial charge in [-0.15, -0.1) is 0 Å². The summed E-state index contributed by atoms with van der Waals surface area (Å²) in [5.41, 5.74) is 8.73. The van der Waals surface area contributed by atoms with E-state index in [2.05, 4.69) is 5.32 Å². The molecule has 0 fully saturated rings. The van der Waals surface area contributed by atoms with Crippen LogP contribution in [0.5, 0.6) is 5.75 Å². The number of ether oxygens (including phenoxy) is 1. The number of rotatable bonds is 5. The molecule has 1 aliphatic rings. The molecular formula is C27H21N3O4. The van der Waals surface area contributed by atoms with Crippen molar-refractivity contribution in [3.05, 3.63) is 129 Å². The molecule has 3 N–H and O–H groups in total. The summed E-state index contributed by atoms with van der Waals surface area (Å²) in [5, 5.41) is 16.3. The Kier molecular flexibility index (Phi) is 5.43. The quantitative estimate of drug-likeness (QED) is 0.336. The molecule has 4 aromatic rings. The van der Waals surface area contributed by atoms with Crippen LogP contribution in [0.3, 0.4) is 0 Å². The molecule has 0 saturated heterocycles. The number of hydrogen-bond donors (Lipinski definition) is 2. The number of non-ortho nitro benzene ring substituents is 1. The third-order valence-electron chi connectivity index (χ3n) is 5.95. The van der Waals surface area contributed by atoms with E-state index in [1.165, 1.54) is 12.1 Å². The van der Waals surface area contributed by atoms with Crippen molar-refractivity contribution < 1.29 is 14.5 Å². The van der Waals surface area contributed by atoms with Gasteiger partial charge in [-0.2, -0.15) is 0 Å². The van der Waals surface area contributed by atoms with Crippen molar-refractivity contribution in [3.8, 4) is 5.75 Å². The molecule has 5 rings (SSSR count). The average Bonchev–Trinajstić information content (AvgIpc) is 2.87. The molecule has 7 heteroatoms. The number of nitro groups is 1. The lowest BCUT2D eigenvalue weighted by Gasteiger charge is -2.30. The fourth-order valence-corrected chi connectivity index (χ4v) is 4.39. The molecule has 0 saturated carbocycles. The second-order valence-electron chi connectivity index (χ2n) is 8.03. The monoisotopic (exact) mass is 451 g/mol. The molecule has 1 amide bonds. The first-order valence-electron chi connectivity index (χ1n) is 10.8. The molecule has 4 aromatic carbocycles. The van der Waals surface area contributed by atoms with Gasteiger partial charge >= 0.3 is 0 Å². The summed E-state index contributed by atoms with van der Waals surface area (Å²) < 4.78 is 5.92. The topological polar surface area (TPSA) is 107 Å². The number of benzene rings is 4. The number of nitrogens with one attached hydrogen (secondary N) is 1. The molecule has 34 heavy (non-hydrogen) atoms. The Labute approximate surface area is 195 Å². The number of fused-ring (bicyclic) bond motifs is 3. The molecular weight excluding hydrogens is 430 g/mol. The Hall–Kier alpha value is -4.65. The van der Waals surface area contributed by atoms with Gasteiger partial charge in [-0.1, -0.05) is 72.8 Å². The highest BCUT2D eigenvalue weighted by Crippen LogP contribution is 2.46. The van der Waals surface area contributed by atoms with Crippen LogP contribution in [0.25, 0.3) is 10.8 Å². The van der Waals surface area contributed by atoms with Gasteiger partial charge in [0.05, 0.1) is 10.5 Å². The molecule has 0 bridgehead atoms. The summed E-state index contributed by atoms with van der Waals surface area (Å²) in [7, 11) is 0. The number of nitrogens with zero attached hydrogens (tertiary/aromatic N) is 1. The van der Waals surface area contributed by atoms with Crippen LogP contribution in [0.15, 0.2) is 102 Å². The number of carbonyl (C=O) groups is 1. The van der Waals surface area contributed by atoms with Crippen molar-refractivity contribution in [2.75, 3.05) is 0 Å². The first-order chi connectivity index (χ1) is 16.5. The molecule has 7 nitrogen and oxygen atoms in total. The van der Waals surface area contributed by atoms with Crippen LogP contribution in [0.2, 0.25) is 0 Å². The van der Waals surface area contributed by atoms with Crippen molar-refractivity contribution in [1.82, 2.24) is 5.32 Å². The maximum Gasteiger partial charge on any atom is 0.269 e. The molecule has 0 radical (unpaired) electrons. The third kappa shape index (κ3) is 3.84. The predicted octanol–water partition coefficient (Wildman–Crippen LogP) is 4.76. The minimum absolute atomic E-state index is 0.0233. The van der Waals surface area contributed by atoms with Gasteiger partial charge in [0.1, 0.15) is 5.75 Å². The summed E-state index contributed by atoms with van der Waals surface area (Å²) in [6.45, 7) is 0.306. The van der Waals surface area contributed by atoms with E-state index in [0.29, 0.717) is 17.9 Å². The van der Waals surface area contributed by atoms with Crippen molar-refractivity contribution >= 4 is 22.4 Å². The van der Waals surface area contributed by atoms with Gasteiger partial charge in [0, 0.05) is 30.2 Å². The Morgan fingerprint density at radius 2 is 1.74 bits per heavy atom. The second kappa shape index (κ2) is 8.71. The normalized spacial score (nSPS) is 14.9. The van der Waals surface area contributed by atoms with Gasteiger partial charge in [-0.25, -0.2) is 0 Å². The lowest BCUT2D eigenvalue weighted by molar-refractivity contribution is -0.384. The van der Waals surface area contributed by atoms with E-state index in [1.807, 2.05) is 66.7 Å². The van der Waals surface area contributed by atoms with E-state index in [0.717, 1.165) is 21.9 Å². The predicted molar refractivity (Wildman–Crippen MR) is 129 cm³/mol. The van der Waals surface area contributed by atoms with Crippen LogP contribution in [0.4, 0.5) is 5.69 Å². The maximum absolute atomic E-state index is 13.5. The van der Waals surface area contributed by atoms with Crippen LogP contribution in [-0.4, -0.2) is 10.8 Å². The number of nitrogens with two attached hydrogens (primary N) is 1. The number of amides is 1. The lowest BCUT2D eigenvalue weighted by Crippen LogP contribution is -2.33. The van der Waals surface area contributed by atoms with Crippen molar-refractivity contribution in [2.45, 2.75) is 12.5 Å². The largest absolute Gasteiger partial charge is 0.441 e. The van der Waals surface area contributed by atoms with Gasteiger partial charge in [0.25, 0.3) is 11.6 Å². The Balaban J connectivity index is 1.65. The first kappa shape index (κ1) is 21.2. The zero-order valence-corrected chi connectivity index (χ0v) is 18.1. The third-order valence-corrected chi connectivity index (χ3v) is 5.95. The number of hydrogen-bond acceptors (Lipinski definition) is 5. The molecule has 1 unspecified atom stereocenters. The highest BCUT2D eigenvalue weighted by molar-refractivity contribution is 5.99. The molecule has 1 atom stereocenters. The van der Waals surface area contributed by atoms with E-state index in [4.69, 9.17) is 10.5 Å². The fourth-order valence-electron chi connectivity index (χ4n) is 4.39. The van der Waals surface area contributed by atoms with Crippen molar-refractivity contribution in [1.29, 1.82) is 0 Å². The highest BCUT2D eigenvalue weighted by atomic mass is 16.6. The van der Waals surface area contributed by atoms with E-state index in [9.17, 15) is 14.9 Å². The lowest BCUT2D eigenvalue weighted by atomic mass is 9.80. The second-order valence-corrected chi connectivity index (χ2v) is 8.03. The summed E-state index contributed by atoms with van der Waals surface area (Å²) in [6, 6.07) is 27.3. The highest BCUT2D eigenvalue weighted by Gasteiger charge is 2.36. The van der Waals surface area contributed by atoms with Gasteiger partial charge in [-0.05, 0) is 28.0 Å². The standard InChI is InChI=1S/C27H21N3O4/c28-26-25(27(31)29-16-17-7-2-1-3-8-17)23(19-10-6-11-20(15-19)30(32)33)24-21-12-5-4-9-18(21)13-14-22(24)34-26/h1-15,23H,16,28H2,(H,29,31). The van der Waals surface area contributed by atoms with Crippen LogP contribution < -0.4 is 15.8 Å². The zero-order valence-electron chi connectivity index (χ0n) is 18.1. The summed E-state index contributed by atoms with van der Waals surface area (Å²) in [5.74, 6) is -0.542. The van der Waals surface area contributed by atoms with E-state index < -0.39 is 16.7 Å². The number of nitro benzene ring substituents is 1. The minimum atomic E-state index is -0.648. The van der Waals surface area contributed by atoms with E-state index >= 15 is 0 Å². The Morgan fingerprint density at radius 1 is 0.971 bits per heavy atom. The maximum atomic E-state index is 13.5. The number of carbonyl (C=O) groups excluding carboxylic acids is 1. The smallest absolute Gasteiger partial charge is 0.269 e. The fraction of sp³-hybridized carbons (Fsp3) is 0.0741. The molecule has 0 spiro atoms. The Morgan fingerprint density at radius 3 is 2.53 bits per heavy atom. The van der Waals surface area contributed by atoms with Crippen LogP contribution >= 0.6 is 0 Å². The molecule has 0 aliphatic carbocycles. The van der Waals surface area contributed by atoms with Gasteiger partial charge in [0.15, 0.2) is 0 Å².